The molecular formula is C22H35N3O3S. The number of piperidine rings is 2. The molecule has 3 unspecified atom stereocenters. The highest BCUT2D eigenvalue weighted by Crippen LogP contribution is 2.25. The highest BCUT2D eigenvalue weighted by Gasteiger charge is 2.31. The first kappa shape index (κ1) is 22.2. The lowest BCUT2D eigenvalue weighted by Crippen LogP contribution is -2.46. The maximum Gasteiger partial charge on any atom is 0.251 e. The molecule has 3 atom stereocenters. The van der Waals surface area contributed by atoms with Crippen molar-refractivity contribution in [3.8, 4) is 0 Å². The van der Waals surface area contributed by atoms with Gasteiger partial charge in [-0.1, -0.05) is 13.3 Å². The molecule has 2 aliphatic rings. The van der Waals surface area contributed by atoms with E-state index in [1.54, 1.807) is 28.6 Å². The monoisotopic (exact) mass is 421 g/mol. The third-order valence-electron chi connectivity index (χ3n) is 6.33. The summed E-state index contributed by atoms with van der Waals surface area (Å²) < 4.78 is 27.4. The van der Waals surface area contributed by atoms with Gasteiger partial charge >= 0.3 is 0 Å². The quantitative estimate of drug-likeness (QED) is 0.766. The topological polar surface area (TPSA) is 69.7 Å². The lowest BCUT2D eigenvalue weighted by atomic mass is 9.99. The number of nitrogens with one attached hydrogen (secondary N) is 1. The van der Waals surface area contributed by atoms with Crippen LogP contribution in [0.1, 0.15) is 63.2 Å². The van der Waals surface area contributed by atoms with E-state index >= 15 is 0 Å². The SMILES string of the molecule is CC1CCCN(C(C)CNC(=O)c2ccc(S(=O)(=O)N3CCCCC3C)cc2)C1. The Morgan fingerprint density at radius 2 is 1.83 bits per heavy atom. The van der Waals surface area contributed by atoms with Gasteiger partial charge in [-0.3, -0.25) is 9.69 Å². The van der Waals surface area contributed by atoms with Crippen molar-refractivity contribution in [2.45, 2.75) is 69.9 Å². The number of nitrogens with zero attached hydrogens (tertiary/aromatic N) is 2. The fourth-order valence-electron chi connectivity index (χ4n) is 4.44. The Labute approximate surface area is 175 Å². The Balaban J connectivity index is 1.58. The summed E-state index contributed by atoms with van der Waals surface area (Å²) in [7, 11) is -3.50. The van der Waals surface area contributed by atoms with Crippen molar-refractivity contribution >= 4 is 15.9 Å². The minimum Gasteiger partial charge on any atom is -0.350 e. The Morgan fingerprint density at radius 1 is 1.10 bits per heavy atom. The van der Waals surface area contributed by atoms with Crippen LogP contribution >= 0.6 is 0 Å². The van der Waals surface area contributed by atoms with E-state index in [-0.39, 0.29) is 16.8 Å². The number of likely N-dealkylation sites (tertiary alicyclic amines) is 1. The molecule has 2 saturated heterocycles. The first-order valence-electron chi connectivity index (χ1n) is 10.9. The molecule has 29 heavy (non-hydrogen) atoms. The maximum atomic E-state index is 12.9. The second-order valence-corrected chi connectivity index (χ2v) is 10.7. The van der Waals surface area contributed by atoms with Crippen LogP contribution in [0.4, 0.5) is 0 Å². The molecule has 0 radical (unpaired) electrons. The molecule has 1 aromatic rings. The van der Waals surface area contributed by atoms with Crippen molar-refractivity contribution in [3.05, 3.63) is 29.8 Å². The lowest BCUT2D eigenvalue weighted by Gasteiger charge is -2.35. The van der Waals surface area contributed by atoms with E-state index < -0.39 is 10.0 Å². The molecule has 6 nitrogen and oxygen atoms in total. The Bertz CT molecular complexity index is 794. The number of benzene rings is 1. The van der Waals surface area contributed by atoms with E-state index in [0.29, 0.717) is 30.6 Å². The molecule has 0 spiro atoms. The molecule has 3 rings (SSSR count). The molecule has 0 bridgehead atoms. The third kappa shape index (κ3) is 5.38. The van der Waals surface area contributed by atoms with Gasteiger partial charge < -0.3 is 5.32 Å². The average molecular weight is 422 g/mol. The van der Waals surface area contributed by atoms with Gasteiger partial charge in [-0.25, -0.2) is 8.42 Å². The van der Waals surface area contributed by atoms with Gasteiger partial charge in [-0.15, -0.1) is 0 Å². The average Bonchev–Trinajstić information content (AvgIpc) is 2.72. The van der Waals surface area contributed by atoms with E-state index in [9.17, 15) is 13.2 Å². The minimum atomic E-state index is -3.50. The van der Waals surface area contributed by atoms with Gasteiger partial charge in [0.15, 0.2) is 0 Å². The zero-order valence-corrected chi connectivity index (χ0v) is 18.7. The van der Waals surface area contributed by atoms with Crippen LogP contribution in [-0.4, -0.2) is 61.8 Å². The van der Waals surface area contributed by atoms with E-state index in [1.807, 2.05) is 6.92 Å². The number of hydrogen-bond donors (Lipinski definition) is 1. The molecule has 1 N–H and O–H groups in total. The minimum absolute atomic E-state index is 0.0238. The van der Waals surface area contributed by atoms with Crippen molar-refractivity contribution < 1.29 is 13.2 Å². The Hall–Kier alpha value is -1.44. The first-order valence-corrected chi connectivity index (χ1v) is 12.4. The van der Waals surface area contributed by atoms with Gasteiger partial charge in [-0.2, -0.15) is 4.31 Å². The number of sulfonamides is 1. The van der Waals surface area contributed by atoms with E-state index in [4.69, 9.17) is 0 Å². The molecule has 1 amide bonds. The van der Waals surface area contributed by atoms with Crippen LogP contribution in [0.25, 0.3) is 0 Å². The smallest absolute Gasteiger partial charge is 0.251 e. The van der Waals surface area contributed by atoms with Gasteiger partial charge in [0.25, 0.3) is 5.91 Å². The van der Waals surface area contributed by atoms with Gasteiger partial charge in [0, 0.05) is 37.3 Å². The van der Waals surface area contributed by atoms with Crippen LogP contribution in [0.3, 0.4) is 0 Å². The normalized spacial score (nSPS) is 25.5. The highest BCUT2D eigenvalue weighted by molar-refractivity contribution is 7.89. The van der Waals surface area contributed by atoms with E-state index in [1.165, 1.54) is 12.8 Å². The predicted octanol–water partition coefficient (Wildman–Crippen LogP) is 3.10. The number of carbonyl (C=O) groups is 1. The Kier molecular flexibility index (Phi) is 7.35. The summed E-state index contributed by atoms with van der Waals surface area (Å²) in [5.41, 5.74) is 0.495. The van der Waals surface area contributed by atoms with Crippen molar-refractivity contribution in [1.29, 1.82) is 0 Å². The van der Waals surface area contributed by atoms with Crippen molar-refractivity contribution in [2.75, 3.05) is 26.2 Å². The number of amides is 1. The fourth-order valence-corrected chi connectivity index (χ4v) is 6.14. The van der Waals surface area contributed by atoms with Crippen molar-refractivity contribution in [3.63, 3.8) is 0 Å². The fraction of sp³-hybridized carbons (Fsp3) is 0.682. The summed E-state index contributed by atoms with van der Waals surface area (Å²) in [4.78, 5) is 15.2. The van der Waals surface area contributed by atoms with Crippen LogP contribution in [-0.2, 0) is 10.0 Å². The van der Waals surface area contributed by atoms with Gasteiger partial charge in [0.05, 0.1) is 4.90 Å². The van der Waals surface area contributed by atoms with Crippen LogP contribution in [0.15, 0.2) is 29.2 Å². The second-order valence-electron chi connectivity index (χ2n) is 8.79. The van der Waals surface area contributed by atoms with Crippen LogP contribution in [0.2, 0.25) is 0 Å². The third-order valence-corrected chi connectivity index (χ3v) is 8.36. The molecule has 0 aromatic heterocycles. The van der Waals surface area contributed by atoms with Gasteiger partial charge in [0.1, 0.15) is 0 Å². The van der Waals surface area contributed by atoms with E-state index in [0.717, 1.165) is 32.4 Å². The summed E-state index contributed by atoms with van der Waals surface area (Å²) in [5.74, 6) is 0.552. The van der Waals surface area contributed by atoms with Crippen molar-refractivity contribution in [1.82, 2.24) is 14.5 Å². The summed E-state index contributed by atoms with van der Waals surface area (Å²) in [6.45, 7) is 9.71. The zero-order valence-electron chi connectivity index (χ0n) is 17.9. The molecule has 2 fully saturated rings. The molecule has 2 aliphatic heterocycles. The first-order chi connectivity index (χ1) is 13.8. The molecular weight excluding hydrogens is 386 g/mol. The predicted molar refractivity (Wildman–Crippen MR) is 115 cm³/mol. The van der Waals surface area contributed by atoms with E-state index in [2.05, 4.69) is 24.1 Å². The molecule has 162 valence electrons. The standard InChI is InChI=1S/C22H35N3O3S/c1-17-7-6-13-24(16-17)19(3)15-23-22(26)20-9-11-21(12-10-20)29(27,28)25-14-5-4-8-18(25)2/h9-12,17-19H,4-8,13-16H2,1-3H3,(H,23,26). The summed E-state index contributed by atoms with van der Waals surface area (Å²) >= 11 is 0. The second kappa shape index (κ2) is 9.58. The molecule has 0 aliphatic carbocycles. The molecule has 2 heterocycles. The van der Waals surface area contributed by atoms with Crippen LogP contribution < -0.4 is 5.32 Å². The van der Waals surface area contributed by atoms with Crippen LogP contribution in [0.5, 0.6) is 0 Å². The molecule has 7 heteroatoms. The maximum absolute atomic E-state index is 12.9. The van der Waals surface area contributed by atoms with Crippen LogP contribution in [0, 0.1) is 5.92 Å². The molecule has 1 aromatic carbocycles. The zero-order chi connectivity index (χ0) is 21.0. The van der Waals surface area contributed by atoms with Gasteiger partial charge in [0.2, 0.25) is 10.0 Å². The largest absolute Gasteiger partial charge is 0.350 e. The Morgan fingerprint density at radius 3 is 2.48 bits per heavy atom. The van der Waals surface area contributed by atoms with Gasteiger partial charge in [-0.05, 0) is 76.3 Å². The number of rotatable bonds is 6. The number of hydrogen-bond acceptors (Lipinski definition) is 4. The lowest BCUT2D eigenvalue weighted by molar-refractivity contribution is 0.0917. The summed E-state index contributed by atoms with van der Waals surface area (Å²) in [6.07, 6.45) is 5.36. The number of carbonyl (C=O) groups excluding carboxylic acids is 1. The highest BCUT2D eigenvalue weighted by atomic mass is 32.2. The summed E-state index contributed by atoms with van der Waals surface area (Å²) in [5, 5.41) is 3.00. The van der Waals surface area contributed by atoms with Crippen molar-refractivity contribution in [2.24, 2.45) is 5.92 Å². The summed E-state index contributed by atoms with van der Waals surface area (Å²) in [6, 6.07) is 6.66. The molecule has 0 saturated carbocycles.